The molecule has 5 nitrogen and oxygen atoms in total. The van der Waals surface area contributed by atoms with Gasteiger partial charge in [-0.05, 0) is 70.8 Å². The second kappa shape index (κ2) is 10.6. The summed E-state index contributed by atoms with van der Waals surface area (Å²) in [6, 6.07) is 56.3. The van der Waals surface area contributed by atoms with Gasteiger partial charge in [0.15, 0.2) is 5.58 Å². The van der Waals surface area contributed by atoms with Crippen LogP contribution in [0, 0.1) is 0 Å². The molecule has 0 spiro atoms. The van der Waals surface area contributed by atoms with E-state index in [9.17, 15) is 0 Å². The summed E-state index contributed by atoms with van der Waals surface area (Å²) in [5.41, 5.74) is 14.7. The van der Waals surface area contributed by atoms with E-state index in [2.05, 4.69) is 144 Å². The van der Waals surface area contributed by atoms with E-state index >= 15 is 0 Å². The first-order valence-electron chi connectivity index (χ1n) is 18.5. The molecule has 0 N–H and O–H groups in total. The Bertz CT molecular complexity index is 3310. The monoisotopic (exact) mass is 692 g/mol. The van der Waals surface area contributed by atoms with E-state index in [1.54, 1.807) is 0 Å². The summed E-state index contributed by atoms with van der Waals surface area (Å²) in [5, 5.41) is 5.77. The highest BCUT2D eigenvalue weighted by Gasteiger charge is 2.36. The summed E-state index contributed by atoms with van der Waals surface area (Å²) >= 11 is 0. The first-order chi connectivity index (χ1) is 26.5. The summed E-state index contributed by atoms with van der Waals surface area (Å²) in [5.74, 6) is 0.612. The van der Waals surface area contributed by atoms with Crippen molar-refractivity contribution >= 4 is 65.7 Å². The Hall–Kier alpha value is -6.98. The lowest BCUT2D eigenvalue weighted by Crippen LogP contribution is -2.15. The third kappa shape index (κ3) is 3.88. The van der Waals surface area contributed by atoms with Crippen LogP contribution in [-0.2, 0) is 5.41 Å². The van der Waals surface area contributed by atoms with Gasteiger partial charge in [-0.1, -0.05) is 123 Å². The first-order valence-corrected chi connectivity index (χ1v) is 18.5. The molecule has 4 heterocycles. The van der Waals surface area contributed by atoms with E-state index < -0.39 is 0 Å². The average molecular weight is 693 g/mol. The molecule has 12 rings (SSSR count). The number of benzene rings is 7. The van der Waals surface area contributed by atoms with Crippen molar-refractivity contribution in [1.82, 2.24) is 19.1 Å². The molecular weight excluding hydrogens is 661 g/mol. The first kappa shape index (κ1) is 29.6. The minimum atomic E-state index is -0.170. The zero-order chi connectivity index (χ0) is 35.7. The molecule has 54 heavy (non-hydrogen) atoms. The molecule has 11 aromatic rings. The Morgan fingerprint density at radius 2 is 1.13 bits per heavy atom. The quantitative estimate of drug-likeness (QED) is 0.185. The number of aromatic nitrogens is 4. The van der Waals surface area contributed by atoms with Crippen LogP contribution in [0.4, 0.5) is 0 Å². The van der Waals surface area contributed by atoms with Crippen LogP contribution in [0.2, 0.25) is 0 Å². The van der Waals surface area contributed by atoms with Crippen LogP contribution in [0.25, 0.3) is 99.7 Å². The van der Waals surface area contributed by atoms with Crippen molar-refractivity contribution in [2.24, 2.45) is 0 Å². The summed E-state index contributed by atoms with van der Waals surface area (Å²) in [6.45, 7) is 4.68. The Labute approximate surface area is 310 Å². The molecule has 254 valence electrons. The van der Waals surface area contributed by atoms with Gasteiger partial charge in [0, 0.05) is 43.6 Å². The van der Waals surface area contributed by atoms with E-state index in [4.69, 9.17) is 14.4 Å². The molecule has 0 amide bonds. The SMILES string of the molecule is CC1(C)c2ccccc2-c2cc3c4ccc(-n5c6ccccc6c6ccccc65)cc4n(-c4nc(-c5ccccc5)c5oc6ccccc6c5n4)c3cc21. The van der Waals surface area contributed by atoms with Crippen LogP contribution < -0.4 is 0 Å². The topological polar surface area (TPSA) is 48.8 Å². The van der Waals surface area contributed by atoms with Gasteiger partial charge in [0.1, 0.15) is 16.8 Å². The van der Waals surface area contributed by atoms with Crippen molar-refractivity contribution in [1.29, 1.82) is 0 Å². The van der Waals surface area contributed by atoms with Gasteiger partial charge in [0.2, 0.25) is 5.95 Å². The minimum absolute atomic E-state index is 0.170. The number of rotatable bonds is 3. The highest BCUT2D eigenvalue weighted by atomic mass is 16.3. The molecule has 1 aliphatic rings. The predicted octanol–water partition coefficient (Wildman–Crippen LogP) is 12.5. The van der Waals surface area contributed by atoms with Crippen molar-refractivity contribution in [2.45, 2.75) is 19.3 Å². The largest absolute Gasteiger partial charge is 0.452 e. The van der Waals surface area contributed by atoms with Crippen molar-refractivity contribution in [2.75, 3.05) is 0 Å². The Kier molecular flexibility index (Phi) is 5.78. The lowest BCUT2D eigenvalue weighted by Gasteiger charge is -2.21. The molecule has 4 aromatic heterocycles. The number of para-hydroxylation sites is 3. The van der Waals surface area contributed by atoms with E-state index in [1.165, 1.54) is 49.4 Å². The Balaban J connectivity index is 1.23. The minimum Gasteiger partial charge on any atom is -0.452 e. The van der Waals surface area contributed by atoms with E-state index in [0.717, 1.165) is 49.9 Å². The van der Waals surface area contributed by atoms with E-state index in [-0.39, 0.29) is 5.41 Å². The van der Waals surface area contributed by atoms with Crippen molar-refractivity contribution in [3.05, 3.63) is 169 Å². The van der Waals surface area contributed by atoms with Gasteiger partial charge in [-0.2, -0.15) is 0 Å². The molecular formula is C49H32N4O. The molecule has 0 fully saturated rings. The van der Waals surface area contributed by atoms with E-state index in [1.807, 2.05) is 36.4 Å². The summed E-state index contributed by atoms with van der Waals surface area (Å²) in [7, 11) is 0. The molecule has 5 heteroatoms. The van der Waals surface area contributed by atoms with Crippen LogP contribution in [-0.4, -0.2) is 19.1 Å². The predicted molar refractivity (Wildman–Crippen MR) is 221 cm³/mol. The maximum absolute atomic E-state index is 6.52. The van der Waals surface area contributed by atoms with Gasteiger partial charge in [-0.15, -0.1) is 0 Å². The normalized spacial score (nSPS) is 13.5. The lowest BCUT2D eigenvalue weighted by atomic mass is 9.82. The van der Waals surface area contributed by atoms with Gasteiger partial charge in [-0.25, -0.2) is 9.97 Å². The van der Waals surface area contributed by atoms with Crippen LogP contribution in [0.1, 0.15) is 25.0 Å². The van der Waals surface area contributed by atoms with Crippen LogP contribution >= 0.6 is 0 Å². The van der Waals surface area contributed by atoms with Gasteiger partial charge < -0.3 is 8.98 Å². The second-order valence-electron chi connectivity index (χ2n) is 15.0. The van der Waals surface area contributed by atoms with Crippen molar-refractivity contribution < 1.29 is 4.42 Å². The van der Waals surface area contributed by atoms with Crippen molar-refractivity contribution in [3.8, 4) is 34.0 Å². The number of hydrogen-bond acceptors (Lipinski definition) is 3. The molecule has 0 saturated heterocycles. The van der Waals surface area contributed by atoms with Crippen LogP contribution in [0.5, 0.6) is 0 Å². The Morgan fingerprint density at radius 1 is 0.481 bits per heavy atom. The smallest absolute Gasteiger partial charge is 0.236 e. The van der Waals surface area contributed by atoms with Crippen LogP contribution in [0.15, 0.2) is 162 Å². The van der Waals surface area contributed by atoms with E-state index in [0.29, 0.717) is 11.5 Å². The zero-order valence-electron chi connectivity index (χ0n) is 29.7. The molecule has 0 atom stereocenters. The van der Waals surface area contributed by atoms with Gasteiger partial charge in [0.05, 0.1) is 22.1 Å². The third-order valence-corrected chi connectivity index (χ3v) is 11.7. The summed E-state index contributed by atoms with van der Waals surface area (Å²) in [4.78, 5) is 10.8. The van der Waals surface area contributed by atoms with Gasteiger partial charge in [-0.3, -0.25) is 4.57 Å². The summed E-state index contributed by atoms with van der Waals surface area (Å²) < 4.78 is 11.2. The van der Waals surface area contributed by atoms with Gasteiger partial charge in [0.25, 0.3) is 0 Å². The lowest BCUT2D eigenvalue weighted by molar-refractivity contribution is 0.661. The zero-order valence-corrected chi connectivity index (χ0v) is 29.7. The number of fused-ring (bicyclic) bond motifs is 12. The molecule has 1 aliphatic carbocycles. The molecule has 0 unspecified atom stereocenters. The summed E-state index contributed by atoms with van der Waals surface area (Å²) in [6.07, 6.45) is 0. The highest BCUT2D eigenvalue weighted by molar-refractivity contribution is 6.14. The fourth-order valence-electron chi connectivity index (χ4n) is 9.23. The molecule has 0 bridgehead atoms. The fourth-order valence-corrected chi connectivity index (χ4v) is 9.23. The molecule has 0 saturated carbocycles. The van der Waals surface area contributed by atoms with Crippen molar-refractivity contribution in [3.63, 3.8) is 0 Å². The molecule has 0 radical (unpaired) electrons. The average Bonchev–Trinajstić information content (AvgIpc) is 3.92. The van der Waals surface area contributed by atoms with Gasteiger partial charge >= 0.3 is 0 Å². The third-order valence-electron chi connectivity index (χ3n) is 11.7. The highest BCUT2D eigenvalue weighted by Crippen LogP contribution is 2.51. The maximum atomic E-state index is 6.52. The Morgan fingerprint density at radius 3 is 1.93 bits per heavy atom. The number of furan rings is 1. The standard InChI is InChI=1S/C49H32N4O/c1-49(2)38-20-10-6-16-31(38)36-27-37-34-25-24-30(52-40-21-11-7-17-32(40)33-18-8-12-22-41(33)52)26-42(34)53(43(37)28-39(36)49)48-50-45(29-14-4-3-5-15-29)47-46(51-48)35-19-9-13-23-44(35)54-47/h3-28H,1-2H3. The van der Waals surface area contributed by atoms with Crippen LogP contribution in [0.3, 0.4) is 0 Å². The fraction of sp³-hybridized carbons (Fsp3) is 0.0612. The second-order valence-corrected chi connectivity index (χ2v) is 15.0. The molecule has 0 aliphatic heterocycles. The molecule has 7 aromatic carbocycles. The number of nitrogens with zero attached hydrogens (tertiary/aromatic N) is 4. The maximum Gasteiger partial charge on any atom is 0.236 e. The number of hydrogen-bond donors (Lipinski definition) is 0.